The minimum absolute atomic E-state index is 0. The largest absolute Gasteiger partial charge is 0.477 e. The number of pyridine rings is 1. The Labute approximate surface area is 191 Å². The normalized spacial score (nSPS) is 18.2. The zero-order chi connectivity index (χ0) is 22.4. The van der Waals surface area contributed by atoms with E-state index >= 15 is 8.78 Å². The van der Waals surface area contributed by atoms with Gasteiger partial charge in [-0.2, -0.15) is 0 Å². The van der Waals surface area contributed by atoms with Gasteiger partial charge in [0.2, 0.25) is 5.43 Å². The number of nitrogens with zero attached hydrogens (tertiary/aromatic N) is 2. The van der Waals surface area contributed by atoms with Crippen molar-refractivity contribution in [3.63, 3.8) is 0 Å². The molecule has 1 aromatic carbocycles. The van der Waals surface area contributed by atoms with Gasteiger partial charge in [-0.05, 0) is 24.6 Å². The van der Waals surface area contributed by atoms with Gasteiger partial charge >= 0.3 is 5.97 Å². The van der Waals surface area contributed by atoms with Crippen molar-refractivity contribution in [1.29, 1.82) is 0 Å². The van der Waals surface area contributed by atoms with Crippen LogP contribution in [0.3, 0.4) is 0 Å². The van der Waals surface area contributed by atoms with Crippen LogP contribution in [0.4, 0.5) is 20.2 Å². The van der Waals surface area contributed by atoms with Gasteiger partial charge in [-0.1, -0.05) is 0 Å². The van der Waals surface area contributed by atoms with E-state index in [0.29, 0.717) is 5.00 Å². The van der Waals surface area contributed by atoms with Crippen molar-refractivity contribution >= 4 is 52.0 Å². The number of carboxylic acids is 1. The number of nitrogens with two attached hydrogens (primary N) is 1. The topological polar surface area (TPSA) is 110 Å². The average Bonchev–Trinajstić information content (AvgIpc) is 3.41. The van der Waals surface area contributed by atoms with Gasteiger partial charge in [-0.3, -0.25) is 4.79 Å². The summed E-state index contributed by atoms with van der Waals surface area (Å²) in [4.78, 5) is 25.9. The minimum Gasteiger partial charge on any atom is -0.477 e. The number of thiophene rings is 1. The second-order valence-corrected chi connectivity index (χ2v) is 8.11. The molecular formula is C20H21ClF2N4O4S. The number of benzene rings is 1. The molecule has 0 aliphatic carbocycles. The summed E-state index contributed by atoms with van der Waals surface area (Å²) in [6.45, 7) is 0.460. The van der Waals surface area contributed by atoms with Gasteiger partial charge in [0.1, 0.15) is 11.3 Å². The lowest BCUT2D eigenvalue weighted by molar-refractivity contribution is 0.0695. The number of likely N-dealkylation sites (N-methyl/N-ethyl adjacent to an activating group) is 1. The van der Waals surface area contributed by atoms with Crippen LogP contribution < -0.4 is 21.4 Å². The van der Waals surface area contributed by atoms with Gasteiger partial charge in [0.05, 0.1) is 33.7 Å². The fourth-order valence-electron chi connectivity index (χ4n) is 4.01. The van der Waals surface area contributed by atoms with Crippen LogP contribution in [0, 0.1) is 11.6 Å². The van der Waals surface area contributed by atoms with E-state index in [4.69, 9.17) is 10.5 Å². The molecule has 3 aromatic rings. The molecule has 0 radical (unpaired) electrons. The maximum atomic E-state index is 15.9. The first-order valence-corrected chi connectivity index (χ1v) is 10.3. The summed E-state index contributed by atoms with van der Waals surface area (Å²) in [6, 6.07) is 3.15. The lowest BCUT2D eigenvalue weighted by Gasteiger charge is -2.23. The van der Waals surface area contributed by atoms with Gasteiger partial charge in [0.15, 0.2) is 11.6 Å². The van der Waals surface area contributed by atoms with E-state index in [1.165, 1.54) is 27.9 Å². The second kappa shape index (κ2) is 9.02. The highest BCUT2D eigenvalue weighted by Crippen LogP contribution is 2.38. The molecule has 0 saturated carbocycles. The molecule has 0 bridgehead atoms. The number of hydrogen-bond acceptors (Lipinski definition) is 7. The minimum atomic E-state index is -1.51. The summed E-state index contributed by atoms with van der Waals surface area (Å²) in [7, 11) is 3.24. The number of aromatic carboxylic acids is 1. The summed E-state index contributed by atoms with van der Waals surface area (Å²) in [5, 5.41) is 14.2. The molecular weight excluding hydrogens is 466 g/mol. The van der Waals surface area contributed by atoms with E-state index in [0.717, 1.165) is 6.20 Å². The molecule has 0 amide bonds. The molecule has 1 aliphatic rings. The van der Waals surface area contributed by atoms with E-state index in [9.17, 15) is 14.7 Å². The summed E-state index contributed by atoms with van der Waals surface area (Å²) < 4.78 is 37.9. The van der Waals surface area contributed by atoms with Crippen LogP contribution in [0.25, 0.3) is 15.9 Å². The number of fused-ring (bicyclic) bond motifs is 1. The Morgan fingerprint density at radius 2 is 2.06 bits per heavy atom. The number of nitrogens with one attached hydrogen (secondary N) is 1. The number of aromatic nitrogens is 1. The fourth-order valence-corrected chi connectivity index (χ4v) is 4.72. The maximum absolute atomic E-state index is 15.9. The van der Waals surface area contributed by atoms with E-state index in [-0.39, 0.29) is 48.8 Å². The van der Waals surface area contributed by atoms with Crippen molar-refractivity contribution in [3.8, 4) is 5.00 Å². The highest BCUT2D eigenvalue weighted by Gasteiger charge is 2.37. The maximum Gasteiger partial charge on any atom is 0.341 e. The van der Waals surface area contributed by atoms with Crippen LogP contribution >= 0.6 is 23.7 Å². The summed E-state index contributed by atoms with van der Waals surface area (Å²) in [5.74, 6) is -3.61. The molecule has 1 aliphatic heterocycles. The first-order valence-electron chi connectivity index (χ1n) is 9.38. The molecule has 3 heterocycles. The third-order valence-corrected chi connectivity index (χ3v) is 6.43. The zero-order valence-electron chi connectivity index (χ0n) is 17.1. The number of hydrogen-bond donors (Lipinski definition) is 3. The number of carbonyl (C=O) groups is 1. The number of rotatable bonds is 5. The van der Waals surface area contributed by atoms with Crippen LogP contribution in [0.5, 0.6) is 0 Å². The lowest BCUT2D eigenvalue weighted by atomic mass is 10.1. The average molecular weight is 487 g/mol. The molecule has 4 N–H and O–H groups in total. The Bertz CT molecular complexity index is 1220. The molecule has 4 rings (SSSR count). The third kappa shape index (κ3) is 3.60. The Balaban J connectivity index is 0.00000289. The SMILES string of the molecule is CN[C@@H]1CN(c2c(F)c(N)c3c(=O)c(C(=O)O)cn(-c4cccs4)c3c2F)C[C@@H]1OC.Cl. The number of halogens is 3. The monoisotopic (exact) mass is 486 g/mol. The number of carboxylic acid groups (broad SMARTS) is 1. The second-order valence-electron chi connectivity index (χ2n) is 7.19. The number of anilines is 2. The smallest absolute Gasteiger partial charge is 0.341 e. The Hall–Kier alpha value is -2.73. The molecule has 1 saturated heterocycles. The predicted octanol–water partition coefficient (Wildman–Crippen LogP) is 2.46. The van der Waals surface area contributed by atoms with Crippen molar-refractivity contribution in [3.05, 3.63) is 51.1 Å². The molecule has 0 unspecified atom stereocenters. The van der Waals surface area contributed by atoms with Crippen LogP contribution in [-0.2, 0) is 4.74 Å². The van der Waals surface area contributed by atoms with Crippen LogP contribution in [0.15, 0.2) is 28.5 Å². The molecule has 8 nitrogen and oxygen atoms in total. The molecule has 12 heteroatoms. The molecule has 172 valence electrons. The summed E-state index contributed by atoms with van der Waals surface area (Å²) in [5.41, 5.74) is 3.06. The van der Waals surface area contributed by atoms with Crippen molar-refractivity contribution in [1.82, 2.24) is 9.88 Å². The molecule has 2 aromatic heterocycles. The zero-order valence-corrected chi connectivity index (χ0v) is 18.7. The molecule has 32 heavy (non-hydrogen) atoms. The van der Waals surface area contributed by atoms with E-state index in [1.807, 2.05) is 0 Å². The van der Waals surface area contributed by atoms with Crippen LogP contribution in [-0.4, -0.2) is 55.0 Å². The highest BCUT2D eigenvalue weighted by molar-refractivity contribution is 7.12. The van der Waals surface area contributed by atoms with Gasteiger partial charge in [-0.25, -0.2) is 13.6 Å². The first-order chi connectivity index (χ1) is 14.8. The molecule has 1 fully saturated rings. The predicted molar refractivity (Wildman–Crippen MR) is 122 cm³/mol. The fraction of sp³-hybridized carbons (Fsp3) is 0.300. The van der Waals surface area contributed by atoms with Crippen molar-refractivity contribution in [2.45, 2.75) is 12.1 Å². The Morgan fingerprint density at radius 3 is 2.59 bits per heavy atom. The Morgan fingerprint density at radius 1 is 1.34 bits per heavy atom. The van der Waals surface area contributed by atoms with Crippen LogP contribution in [0.1, 0.15) is 10.4 Å². The quantitative estimate of drug-likeness (QED) is 0.475. The van der Waals surface area contributed by atoms with E-state index in [2.05, 4.69) is 5.32 Å². The molecule has 2 atom stereocenters. The third-order valence-electron chi connectivity index (χ3n) is 5.57. The standard InChI is InChI=1S/C20H20F2N4O4S.ClH/c1-24-10-7-25(8-11(10)30-2)18-14(21)16(23)13-17(15(18)22)26(12-4-3-5-31-12)6-9(19(13)27)20(28)29;/h3-6,10-11,24H,7-8,23H2,1-2H3,(H,28,29);1H/t10-,11+;/m1./s1. The Kier molecular flexibility index (Phi) is 6.75. The van der Waals surface area contributed by atoms with Gasteiger partial charge < -0.3 is 30.4 Å². The number of nitrogen functional groups attached to an aromatic ring is 1. The van der Waals surface area contributed by atoms with Crippen molar-refractivity contribution < 1.29 is 23.4 Å². The van der Waals surface area contributed by atoms with Crippen molar-refractivity contribution in [2.24, 2.45) is 0 Å². The van der Waals surface area contributed by atoms with E-state index in [1.54, 1.807) is 24.6 Å². The highest BCUT2D eigenvalue weighted by atomic mass is 35.5. The van der Waals surface area contributed by atoms with Gasteiger partial charge in [0.25, 0.3) is 0 Å². The molecule has 0 spiro atoms. The lowest BCUT2D eigenvalue weighted by Crippen LogP contribution is -2.37. The number of ether oxygens (including phenoxy) is 1. The van der Waals surface area contributed by atoms with Crippen LogP contribution in [0.2, 0.25) is 0 Å². The number of methoxy groups -OCH3 is 1. The first kappa shape index (κ1) is 23.9. The van der Waals surface area contributed by atoms with Crippen molar-refractivity contribution in [2.75, 3.05) is 37.9 Å². The van der Waals surface area contributed by atoms with E-state index < -0.39 is 39.7 Å². The summed E-state index contributed by atoms with van der Waals surface area (Å²) >= 11 is 1.21. The van der Waals surface area contributed by atoms with Gasteiger partial charge in [0, 0.05) is 26.4 Å². The summed E-state index contributed by atoms with van der Waals surface area (Å²) in [6.07, 6.45) is 0.732. The van der Waals surface area contributed by atoms with Gasteiger partial charge in [-0.15, -0.1) is 23.7 Å².